The molecule has 4 aromatic rings. The third-order valence-corrected chi connectivity index (χ3v) is 8.08. The lowest BCUT2D eigenvalue weighted by Gasteiger charge is -2.35. The number of likely N-dealkylation sites (N-methyl/N-ethyl adjacent to an activating group) is 1. The highest BCUT2D eigenvalue weighted by atomic mass is 35.5. The molecule has 9 nitrogen and oxygen atoms in total. The summed E-state index contributed by atoms with van der Waals surface area (Å²) in [4.78, 5) is 40.0. The maximum absolute atomic E-state index is 13.0. The number of carbonyl (C=O) groups excluding carboxylic acids is 2. The highest BCUT2D eigenvalue weighted by Gasteiger charge is 2.22. The Bertz CT molecular complexity index is 1590. The molecule has 1 aliphatic rings. The molecule has 0 unspecified atom stereocenters. The predicted octanol–water partition coefficient (Wildman–Crippen LogP) is 6.41. The van der Waals surface area contributed by atoms with Crippen molar-refractivity contribution in [3.8, 4) is 5.75 Å². The van der Waals surface area contributed by atoms with Crippen LogP contribution in [0.4, 0.5) is 11.4 Å². The number of halogens is 6. The van der Waals surface area contributed by atoms with Crippen molar-refractivity contribution in [2.24, 2.45) is 0 Å². The minimum atomic E-state index is -0.310. The molecule has 0 saturated carbocycles. The Morgan fingerprint density at radius 2 is 1.63 bits per heavy atom. The minimum absolute atomic E-state index is 0. The molecule has 5 rings (SSSR count). The third kappa shape index (κ3) is 10.1. The quantitative estimate of drug-likeness (QED) is 0.211. The van der Waals surface area contributed by atoms with Gasteiger partial charge in [-0.05, 0) is 43.3 Å². The Morgan fingerprint density at radius 1 is 0.935 bits per heavy atom. The van der Waals surface area contributed by atoms with Gasteiger partial charge < -0.3 is 19.9 Å². The second-order valence-corrected chi connectivity index (χ2v) is 10.9. The average Bonchev–Trinajstić information content (AvgIpc) is 3.00. The standard InChI is InChI=1S/C31H32Cl2N6O3.4ClH/c1-21-6-7-22-4-3-5-27(31(22)36-21)42-20-24-25(32)8-9-26(30(24)33)37(2)29(41)18-35-28(40)19-38-14-16-39(17-15-38)23-10-12-34-13-11-23;;;;/h3-13H,14-20H2,1-2H3,(H,35,40);4*1H. The zero-order valence-electron chi connectivity index (χ0n) is 25.2. The Kier molecular flexibility index (Phi) is 17.2. The van der Waals surface area contributed by atoms with Crippen LogP contribution >= 0.6 is 72.8 Å². The summed E-state index contributed by atoms with van der Waals surface area (Å²) in [6.45, 7) is 5.23. The molecule has 0 bridgehead atoms. The lowest BCUT2D eigenvalue weighted by Crippen LogP contribution is -2.50. The molecular formula is C31H36Cl6N6O3. The van der Waals surface area contributed by atoms with E-state index in [9.17, 15) is 9.59 Å². The third-order valence-electron chi connectivity index (χ3n) is 7.30. The summed E-state index contributed by atoms with van der Waals surface area (Å²) in [5.41, 5.74) is 3.78. The fraction of sp³-hybridized carbons (Fsp3) is 0.290. The zero-order valence-corrected chi connectivity index (χ0v) is 29.9. The number of piperazine rings is 1. The number of hydrogen-bond acceptors (Lipinski definition) is 7. The van der Waals surface area contributed by atoms with Crippen molar-refractivity contribution in [1.82, 2.24) is 20.2 Å². The van der Waals surface area contributed by atoms with Gasteiger partial charge in [-0.1, -0.05) is 41.4 Å². The van der Waals surface area contributed by atoms with Gasteiger partial charge in [0.15, 0.2) is 0 Å². The number of aryl methyl sites for hydroxylation is 1. The van der Waals surface area contributed by atoms with Gasteiger partial charge in [-0.25, -0.2) is 4.98 Å². The maximum Gasteiger partial charge on any atom is 0.246 e. The number of aromatic nitrogens is 2. The van der Waals surface area contributed by atoms with E-state index in [0.717, 1.165) is 48.5 Å². The van der Waals surface area contributed by atoms with E-state index in [2.05, 4.69) is 25.1 Å². The Labute approximate surface area is 303 Å². The molecule has 0 spiro atoms. The molecule has 250 valence electrons. The van der Waals surface area contributed by atoms with Gasteiger partial charge in [0.2, 0.25) is 11.8 Å². The van der Waals surface area contributed by atoms with E-state index < -0.39 is 0 Å². The maximum atomic E-state index is 13.0. The summed E-state index contributed by atoms with van der Waals surface area (Å²) in [5, 5.41) is 4.43. The summed E-state index contributed by atoms with van der Waals surface area (Å²) in [7, 11) is 1.62. The number of benzene rings is 2. The van der Waals surface area contributed by atoms with Crippen molar-refractivity contribution in [3.63, 3.8) is 0 Å². The number of nitrogens with one attached hydrogen (secondary N) is 1. The monoisotopic (exact) mass is 750 g/mol. The van der Waals surface area contributed by atoms with Crippen molar-refractivity contribution < 1.29 is 14.3 Å². The van der Waals surface area contributed by atoms with Crippen molar-refractivity contribution in [1.29, 1.82) is 0 Å². The van der Waals surface area contributed by atoms with Gasteiger partial charge in [-0.3, -0.25) is 19.5 Å². The minimum Gasteiger partial charge on any atom is -0.487 e. The van der Waals surface area contributed by atoms with E-state index in [1.807, 2.05) is 49.4 Å². The molecule has 1 fully saturated rings. The number of pyridine rings is 2. The SMILES string of the molecule is Cc1ccc2cccc(OCc3c(Cl)ccc(N(C)C(=O)CNC(=O)CN4CCN(c5ccncc5)CC4)c3Cl)c2n1.Cl.Cl.Cl.Cl. The van der Waals surface area contributed by atoms with Gasteiger partial charge in [0.25, 0.3) is 0 Å². The number of carbonyl (C=O) groups is 2. The number of hydrogen-bond donors (Lipinski definition) is 1. The first-order chi connectivity index (χ1) is 20.3. The van der Waals surface area contributed by atoms with Crippen LogP contribution in [-0.4, -0.2) is 73.0 Å². The van der Waals surface area contributed by atoms with E-state index in [1.54, 1.807) is 31.6 Å². The molecule has 1 N–H and O–H groups in total. The first-order valence-corrected chi connectivity index (χ1v) is 14.4. The molecule has 1 saturated heterocycles. The van der Waals surface area contributed by atoms with Crippen LogP contribution in [0.15, 0.2) is 67.0 Å². The topological polar surface area (TPSA) is 90.9 Å². The molecule has 2 aromatic heterocycles. The molecule has 3 heterocycles. The molecule has 0 atom stereocenters. The molecule has 0 radical (unpaired) electrons. The van der Waals surface area contributed by atoms with E-state index in [1.165, 1.54) is 4.90 Å². The van der Waals surface area contributed by atoms with Crippen molar-refractivity contribution in [2.45, 2.75) is 13.5 Å². The Balaban J connectivity index is 0.00000264. The molecule has 46 heavy (non-hydrogen) atoms. The van der Waals surface area contributed by atoms with Crippen molar-refractivity contribution in [2.75, 3.05) is 56.1 Å². The molecule has 0 aliphatic carbocycles. The molecule has 2 amide bonds. The van der Waals surface area contributed by atoms with E-state index >= 15 is 0 Å². The number of ether oxygens (including phenoxy) is 1. The first-order valence-electron chi connectivity index (χ1n) is 13.7. The zero-order chi connectivity index (χ0) is 29.6. The van der Waals surface area contributed by atoms with Gasteiger partial charge in [0, 0.05) is 73.0 Å². The second-order valence-electron chi connectivity index (χ2n) is 10.1. The van der Waals surface area contributed by atoms with Crippen molar-refractivity contribution >= 4 is 107 Å². The summed E-state index contributed by atoms with van der Waals surface area (Å²) in [6, 6.07) is 17.0. The number of para-hydroxylation sites is 1. The van der Waals surface area contributed by atoms with Crippen LogP contribution in [0.25, 0.3) is 10.9 Å². The lowest BCUT2D eigenvalue weighted by atomic mass is 10.1. The van der Waals surface area contributed by atoms with Gasteiger partial charge >= 0.3 is 0 Å². The van der Waals surface area contributed by atoms with E-state index in [4.69, 9.17) is 27.9 Å². The van der Waals surface area contributed by atoms with Gasteiger partial charge in [-0.2, -0.15) is 0 Å². The normalized spacial score (nSPS) is 12.5. The number of nitrogens with zero attached hydrogens (tertiary/aromatic N) is 5. The molecule has 1 aliphatic heterocycles. The summed E-state index contributed by atoms with van der Waals surface area (Å²) >= 11 is 13.2. The molecule has 2 aromatic carbocycles. The van der Waals surface area contributed by atoms with Gasteiger partial charge in [0.05, 0.1) is 23.8 Å². The Morgan fingerprint density at radius 3 is 2.33 bits per heavy atom. The van der Waals surface area contributed by atoms with Crippen LogP contribution in [-0.2, 0) is 16.2 Å². The number of amides is 2. The van der Waals surface area contributed by atoms with Gasteiger partial charge in [0.1, 0.15) is 17.9 Å². The van der Waals surface area contributed by atoms with Crippen LogP contribution in [0, 0.1) is 6.92 Å². The fourth-order valence-corrected chi connectivity index (χ4v) is 5.47. The van der Waals surface area contributed by atoms with Crippen LogP contribution in [0.2, 0.25) is 10.0 Å². The first kappa shape index (κ1) is 41.3. The lowest BCUT2D eigenvalue weighted by molar-refractivity contribution is -0.125. The molecule has 15 heteroatoms. The smallest absolute Gasteiger partial charge is 0.246 e. The van der Waals surface area contributed by atoms with Crippen LogP contribution in [0.1, 0.15) is 11.3 Å². The number of anilines is 2. The van der Waals surface area contributed by atoms with Crippen LogP contribution in [0.3, 0.4) is 0 Å². The summed E-state index contributed by atoms with van der Waals surface area (Å²) < 4.78 is 6.10. The van der Waals surface area contributed by atoms with E-state index in [0.29, 0.717) is 27.0 Å². The number of rotatable bonds is 9. The highest BCUT2D eigenvalue weighted by molar-refractivity contribution is 6.38. The summed E-state index contributed by atoms with van der Waals surface area (Å²) in [6.07, 6.45) is 3.56. The largest absolute Gasteiger partial charge is 0.487 e. The fourth-order valence-electron chi connectivity index (χ4n) is 4.87. The van der Waals surface area contributed by atoms with Crippen LogP contribution < -0.4 is 19.9 Å². The predicted molar refractivity (Wildman–Crippen MR) is 196 cm³/mol. The number of fused-ring (bicyclic) bond motifs is 1. The van der Waals surface area contributed by atoms with Gasteiger partial charge in [-0.15, -0.1) is 49.6 Å². The van der Waals surface area contributed by atoms with Crippen molar-refractivity contribution in [3.05, 3.63) is 88.3 Å². The average molecular weight is 753 g/mol. The Hall–Kier alpha value is -2.76. The van der Waals surface area contributed by atoms with E-state index in [-0.39, 0.29) is 81.1 Å². The molecular weight excluding hydrogens is 717 g/mol. The summed E-state index contributed by atoms with van der Waals surface area (Å²) in [5.74, 6) is 0.0969. The second kappa shape index (κ2) is 19.2. The highest BCUT2D eigenvalue weighted by Crippen LogP contribution is 2.35. The van der Waals surface area contributed by atoms with Crippen LogP contribution in [0.5, 0.6) is 5.75 Å².